The molecule has 4 N–H and O–H groups in total. The van der Waals surface area contributed by atoms with Gasteiger partial charge in [0.15, 0.2) is 5.82 Å². The lowest BCUT2D eigenvalue weighted by Gasteiger charge is -2.49. The molecule has 2 aromatic carbocycles. The fourth-order valence-electron chi connectivity index (χ4n) is 8.29. The van der Waals surface area contributed by atoms with E-state index in [1.54, 1.807) is 36.5 Å². The molecule has 9 rings (SSSR count). The maximum absolute atomic E-state index is 13.2. The molecule has 0 aliphatic carbocycles. The minimum atomic E-state index is -1.00. The standard InChI is InChI=1S/C38H38N10O5/c49-32-4-2-1-3-27(32)29-18-31-35(44-43-29)40-20-25-21-46(15-16-47(25)31)24-11-13-45(14-12-24)33-9-6-23(19-39-33)41-22-5-7-26-28(17-22)38(53)48(37(26)52)30-8-10-34(50)42-36(30)51/h1-7,9,17-19,24-25,30,41,49H,8,10-16,20-21H2,(H,40,44)(H,42,50,51)/t25-,30?/m0/s1. The van der Waals surface area contributed by atoms with Gasteiger partial charge in [0.05, 0.1) is 40.4 Å². The second-order valence-electron chi connectivity index (χ2n) is 14.2. The average Bonchev–Trinajstić information content (AvgIpc) is 3.42. The molecule has 5 aliphatic heterocycles. The quantitative estimate of drug-likeness (QED) is 0.215. The van der Waals surface area contributed by atoms with Gasteiger partial charge in [-0.25, -0.2) is 4.98 Å². The number of nitrogens with one attached hydrogen (secondary N) is 3. The summed E-state index contributed by atoms with van der Waals surface area (Å²) >= 11 is 0. The van der Waals surface area contributed by atoms with Gasteiger partial charge < -0.3 is 25.5 Å². The van der Waals surface area contributed by atoms with Crippen molar-refractivity contribution in [3.8, 4) is 17.0 Å². The lowest BCUT2D eigenvalue weighted by atomic mass is 9.99. The summed E-state index contributed by atoms with van der Waals surface area (Å²) in [5.74, 6) is -0.232. The van der Waals surface area contributed by atoms with Gasteiger partial charge in [-0.3, -0.25) is 34.3 Å². The highest BCUT2D eigenvalue weighted by Crippen LogP contribution is 2.37. The van der Waals surface area contributed by atoms with Gasteiger partial charge in [-0.15, -0.1) is 10.2 Å². The summed E-state index contributed by atoms with van der Waals surface area (Å²) in [6.07, 6.45) is 4.03. The Morgan fingerprint density at radius 2 is 1.60 bits per heavy atom. The maximum Gasteiger partial charge on any atom is 0.262 e. The number of para-hydroxylation sites is 1. The molecule has 4 amide bonds. The van der Waals surface area contributed by atoms with Gasteiger partial charge in [0.1, 0.15) is 17.6 Å². The molecule has 0 saturated carbocycles. The molecule has 270 valence electrons. The Labute approximate surface area is 305 Å². The number of hydrogen-bond donors (Lipinski definition) is 4. The molecular formula is C38H38N10O5. The van der Waals surface area contributed by atoms with Crippen molar-refractivity contribution in [2.75, 3.05) is 59.7 Å². The number of rotatable bonds is 6. The molecule has 1 unspecified atom stereocenters. The number of amides is 4. The topological polar surface area (TPSA) is 176 Å². The van der Waals surface area contributed by atoms with Crippen LogP contribution in [0, 0.1) is 0 Å². The molecule has 3 fully saturated rings. The van der Waals surface area contributed by atoms with E-state index in [1.807, 2.05) is 30.3 Å². The highest BCUT2D eigenvalue weighted by Gasteiger charge is 2.44. The van der Waals surface area contributed by atoms with E-state index in [-0.39, 0.29) is 29.7 Å². The number of anilines is 5. The SMILES string of the molecule is O=C1CCC(N2C(=O)c3ccc(Nc4ccc(N5CCC(N6CCN7c8cc(-c9ccccc9O)nnc8NC[C@H]7C6)CC5)nc4)cc3C2=O)C(=O)N1. The molecule has 53 heavy (non-hydrogen) atoms. The first kappa shape index (κ1) is 32.8. The van der Waals surface area contributed by atoms with Crippen LogP contribution in [-0.2, 0) is 9.59 Å². The van der Waals surface area contributed by atoms with Crippen LogP contribution in [0.25, 0.3) is 11.3 Å². The number of piperidine rings is 2. The number of pyridine rings is 1. The number of piperazine rings is 1. The van der Waals surface area contributed by atoms with Crippen molar-refractivity contribution < 1.29 is 24.3 Å². The molecule has 0 spiro atoms. The average molecular weight is 715 g/mol. The molecule has 7 heterocycles. The summed E-state index contributed by atoms with van der Waals surface area (Å²) in [5, 5.41) is 28.2. The molecule has 0 radical (unpaired) electrons. The first-order valence-electron chi connectivity index (χ1n) is 18.0. The van der Waals surface area contributed by atoms with Crippen molar-refractivity contribution >= 4 is 52.3 Å². The summed E-state index contributed by atoms with van der Waals surface area (Å²) in [4.78, 5) is 63.3. The summed E-state index contributed by atoms with van der Waals surface area (Å²) in [7, 11) is 0. The lowest BCUT2D eigenvalue weighted by Crippen LogP contribution is -2.61. The van der Waals surface area contributed by atoms with Gasteiger partial charge in [-0.2, -0.15) is 0 Å². The van der Waals surface area contributed by atoms with Crippen molar-refractivity contribution in [2.45, 2.75) is 43.8 Å². The number of carbonyl (C=O) groups is 4. The van der Waals surface area contributed by atoms with Crippen LogP contribution in [-0.4, -0.2) is 111 Å². The van der Waals surface area contributed by atoms with Gasteiger partial charge in [-0.1, -0.05) is 12.1 Å². The molecule has 4 aromatic rings. The molecule has 5 aliphatic rings. The fraction of sp³-hybridized carbons (Fsp3) is 0.342. The van der Waals surface area contributed by atoms with Crippen LogP contribution in [0.5, 0.6) is 5.75 Å². The van der Waals surface area contributed by atoms with Gasteiger partial charge in [0.25, 0.3) is 11.8 Å². The van der Waals surface area contributed by atoms with Crippen LogP contribution in [0.15, 0.2) is 66.9 Å². The first-order valence-corrected chi connectivity index (χ1v) is 18.0. The number of hydrogen-bond acceptors (Lipinski definition) is 13. The Bertz CT molecular complexity index is 2140. The summed E-state index contributed by atoms with van der Waals surface area (Å²) in [6.45, 7) is 5.43. The lowest BCUT2D eigenvalue weighted by molar-refractivity contribution is -0.136. The summed E-state index contributed by atoms with van der Waals surface area (Å²) in [6, 6.07) is 17.9. The Kier molecular flexibility index (Phi) is 8.14. The van der Waals surface area contributed by atoms with E-state index >= 15 is 0 Å². The largest absolute Gasteiger partial charge is 0.507 e. The number of aromatic hydroxyl groups is 1. The second kappa shape index (κ2) is 13.2. The maximum atomic E-state index is 13.2. The van der Waals surface area contributed by atoms with Crippen LogP contribution in [0.1, 0.15) is 46.4 Å². The Hall–Kier alpha value is -6.09. The number of phenolic OH excluding ortho intramolecular Hbond substituents is 1. The normalized spacial score (nSPS) is 21.8. The Morgan fingerprint density at radius 3 is 2.40 bits per heavy atom. The van der Waals surface area contributed by atoms with E-state index in [0.717, 1.165) is 80.0 Å². The zero-order valence-electron chi connectivity index (χ0n) is 28.9. The minimum Gasteiger partial charge on any atom is -0.507 e. The predicted octanol–water partition coefficient (Wildman–Crippen LogP) is 2.97. The highest BCUT2D eigenvalue weighted by atomic mass is 16.3. The Balaban J connectivity index is 0.797. The molecule has 15 nitrogen and oxygen atoms in total. The predicted molar refractivity (Wildman–Crippen MR) is 196 cm³/mol. The number of carbonyl (C=O) groups excluding carboxylic acids is 4. The van der Waals surface area contributed by atoms with Crippen molar-refractivity contribution in [3.63, 3.8) is 0 Å². The molecule has 0 bridgehead atoms. The van der Waals surface area contributed by atoms with Crippen molar-refractivity contribution in [3.05, 3.63) is 78.0 Å². The molecular weight excluding hydrogens is 676 g/mol. The smallest absolute Gasteiger partial charge is 0.262 e. The fourth-order valence-corrected chi connectivity index (χ4v) is 8.29. The zero-order valence-corrected chi connectivity index (χ0v) is 28.9. The van der Waals surface area contributed by atoms with Crippen LogP contribution < -0.4 is 25.8 Å². The summed E-state index contributed by atoms with van der Waals surface area (Å²) < 4.78 is 0. The van der Waals surface area contributed by atoms with Crippen molar-refractivity contribution in [1.82, 2.24) is 30.3 Å². The zero-order chi connectivity index (χ0) is 36.2. The number of nitrogens with zero attached hydrogens (tertiary/aromatic N) is 7. The number of phenols is 1. The second-order valence-corrected chi connectivity index (χ2v) is 14.2. The van der Waals surface area contributed by atoms with Crippen LogP contribution in [0.2, 0.25) is 0 Å². The minimum absolute atomic E-state index is 0.0742. The van der Waals surface area contributed by atoms with Crippen molar-refractivity contribution in [1.29, 1.82) is 0 Å². The van der Waals surface area contributed by atoms with E-state index in [2.05, 4.69) is 40.8 Å². The third-order valence-corrected chi connectivity index (χ3v) is 11.1. The number of benzene rings is 2. The van der Waals surface area contributed by atoms with Crippen molar-refractivity contribution in [2.24, 2.45) is 0 Å². The third-order valence-electron chi connectivity index (χ3n) is 11.1. The third kappa shape index (κ3) is 5.96. The van der Waals surface area contributed by atoms with E-state index in [0.29, 0.717) is 29.0 Å². The molecule has 2 aromatic heterocycles. The molecule has 15 heteroatoms. The highest BCUT2D eigenvalue weighted by molar-refractivity contribution is 6.23. The van der Waals surface area contributed by atoms with Gasteiger partial charge in [0, 0.05) is 63.0 Å². The molecule has 3 saturated heterocycles. The Morgan fingerprint density at radius 1 is 0.792 bits per heavy atom. The number of aromatic nitrogens is 3. The molecule has 2 atom stereocenters. The van der Waals surface area contributed by atoms with Gasteiger partial charge in [0.2, 0.25) is 11.8 Å². The van der Waals surface area contributed by atoms with Crippen LogP contribution >= 0.6 is 0 Å². The van der Waals surface area contributed by atoms with E-state index < -0.39 is 29.7 Å². The first-order chi connectivity index (χ1) is 25.8. The number of fused-ring (bicyclic) bond motifs is 4. The van der Waals surface area contributed by atoms with E-state index in [4.69, 9.17) is 4.98 Å². The van der Waals surface area contributed by atoms with Crippen LogP contribution in [0.3, 0.4) is 0 Å². The van der Waals surface area contributed by atoms with E-state index in [1.165, 1.54) is 0 Å². The monoisotopic (exact) mass is 714 g/mol. The van der Waals surface area contributed by atoms with Gasteiger partial charge in [-0.05, 0) is 67.8 Å². The van der Waals surface area contributed by atoms with E-state index in [9.17, 15) is 24.3 Å². The van der Waals surface area contributed by atoms with Crippen LogP contribution in [0.4, 0.5) is 28.7 Å². The van der Waals surface area contributed by atoms with Gasteiger partial charge >= 0.3 is 0 Å². The number of imide groups is 2. The summed E-state index contributed by atoms with van der Waals surface area (Å²) in [5.41, 5.74) is 4.17.